The van der Waals surface area contributed by atoms with Gasteiger partial charge in [0.1, 0.15) is 0 Å². The van der Waals surface area contributed by atoms with Crippen LogP contribution >= 0.6 is 0 Å². The smallest absolute Gasteiger partial charge is 0.341 e. The zero-order valence-electron chi connectivity index (χ0n) is 12.8. The molecule has 2 N–H and O–H groups in total. The van der Waals surface area contributed by atoms with Crippen LogP contribution in [-0.2, 0) is 4.79 Å². The van der Waals surface area contributed by atoms with E-state index in [0.29, 0.717) is 22.6 Å². The van der Waals surface area contributed by atoms with Crippen molar-refractivity contribution in [3.63, 3.8) is 0 Å². The highest BCUT2D eigenvalue weighted by Gasteiger charge is 2.07. The highest BCUT2D eigenvalue weighted by Crippen LogP contribution is 2.27. The SMILES string of the molecule is COc1cc(/C=N\NC(=O)c2ccncc2)ccc1OCC(=O)O. The first-order valence-corrected chi connectivity index (χ1v) is 6.86. The van der Waals surface area contributed by atoms with Crippen molar-refractivity contribution in [1.82, 2.24) is 10.4 Å². The van der Waals surface area contributed by atoms with E-state index in [2.05, 4.69) is 15.5 Å². The molecule has 0 aliphatic heterocycles. The molecule has 124 valence electrons. The van der Waals surface area contributed by atoms with Crippen LogP contribution in [0.2, 0.25) is 0 Å². The van der Waals surface area contributed by atoms with Gasteiger partial charge >= 0.3 is 5.97 Å². The Labute approximate surface area is 137 Å². The minimum atomic E-state index is -1.08. The second kappa shape index (κ2) is 8.28. The molecule has 2 aromatic rings. The van der Waals surface area contributed by atoms with Crippen LogP contribution in [-0.4, -0.2) is 41.9 Å². The van der Waals surface area contributed by atoms with Crippen LogP contribution in [0.5, 0.6) is 11.5 Å². The number of hydrogen-bond donors (Lipinski definition) is 2. The standard InChI is InChI=1S/C16H15N3O5/c1-23-14-8-11(2-3-13(14)24-10-15(20)21)9-18-19-16(22)12-4-6-17-7-5-12/h2-9H,10H2,1H3,(H,19,22)(H,20,21)/b18-9-. The molecule has 8 nitrogen and oxygen atoms in total. The lowest BCUT2D eigenvalue weighted by atomic mass is 10.2. The van der Waals surface area contributed by atoms with Gasteiger partial charge in [-0.2, -0.15) is 5.10 Å². The number of carbonyl (C=O) groups is 2. The van der Waals surface area contributed by atoms with Crippen molar-refractivity contribution in [3.8, 4) is 11.5 Å². The molecule has 1 aromatic carbocycles. The van der Waals surface area contributed by atoms with Gasteiger partial charge in [0.2, 0.25) is 0 Å². The molecule has 0 radical (unpaired) electrons. The van der Waals surface area contributed by atoms with E-state index < -0.39 is 12.6 Å². The summed E-state index contributed by atoms with van der Waals surface area (Å²) in [5.74, 6) is -0.776. The summed E-state index contributed by atoms with van der Waals surface area (Å²) in [7, 11) is 1.44. The van der Waals surface area contributed by atoms with Crippen molar-refractivity contribution in [2.45, 2.75) is 0 Å². The Hall–Kier alpha value is -3.42. The fourth-order valence-electron chi connectivity index (χ4n) is 1.76. The molecule has 0 atom stereocenters. The van der Waals surface area contributed by atoms with Crippen LogP contribution < -0.4 is 14.9 Å². The molecule has 0 fully saturated rings. The van der Waals surface area contributed by atoms with Gasteiger partial charge in [0, 0.05) is 18.0 Å². The molecule has 2 rings (SSSR count). The number of benzene rings is 1. The number of methoxy groups -OCH3 is 1. The van der Waals surface area contributed by atoms with Crippen molar-refractivity contribution in [2.75, 3.05) is 13.7 Å². The molecule has 0 aliphatic carbocycles. The van der Waals surface area contributed by atoms with E-state index in [1.54, 1.807) is 30.3 Å². The predicted octanol–water partition coefficient (Wildman–Crippen LogP) is 1.32. The zero-order chi connectivity index (χ0) is 17.4. The molecule has 0 aliphatic rings. The van der Waals surface area contributed by atoms with Gasteiger partial charge < -0.3 is 14.6 Å². The van der Waals surface area contributed by atoms with Gasteiger partial charge in [-0.15, -0.1) is 0 Å². The maximum atomic E-state index is 11.8. The fourth-order valence-corrected chi connectivity index (χ4v) is 1.76. The number of aliphatic carboxylic acids is 1. The predicted molar refractivity (Wildman–Crippen MR) is 85.4 cm³/mol. The molecule has 1 amide bonds. The number of carboxylic acid groups (broad SMARTS) is 1. The lowest BCUT2D eigenvalue weighted by Gasteiger charge is -2.09. The Bertz CT molecular complexity index is 747. The number of amides is 1. The molecule has 0 saturated heterocycles. The third-order valence-electron chi connectivity index (χ3n) is 2.86. The minimum absolute atomic E-state index is 0.304. The number of nitrogens with zero attached hydrogens (tertiary/aromatic N) is 2. The minimum Gasteiger partial charge on any atom is -0.493 e. The number of rotatable bonds is 7. The maximum Gasteiger partial charge on any atom is 0.341 e. The van der Waals surface area contributed by atoms with Crippen LogP contribution in [0.3, 0.4) is 0 Å². The van der Waals surface area contributed by atoms with Gasteiger partial charge in [0.15, 0.2) is 18.1 Å². The highest BCUT2D eigenvalue weighted by atomic mass is 16.5. The summed E-state index contributed by atoms with van der Waals surface area (Å²) < 4.78 is 10.2. The molecule has 0 spiro atoms. The van der Waals surface area contributed by atoms with Gasteiger partial charge in [-0.1, -0.05) is 0 Å². The van der Waals surface area contributed by atoms with Gasteiger partial charge in [-0.05, 0) is 35.9 Å². The quantitative estimate of drug-likeness (QED) is 0.585. The average Bonchev–Trinajstić information content (AvgIpc) is 2.61. The van der Waals surface area contributed by atoms with Crippen molar-refractivity contribution in [1.29, 1.82) is 0 Å². The Balaban J connectivity index is 2.01. The molecule has 0 bridgehead atoms. The molecular weight excluding hydrogens is 314 g/mol. The summed E-state index contributed by atoms with van der Waals surface area (Å²) in [4.78, 5) is 26.2. The fraction of sp³-hybridized carbons (Fsp3) is 0.125. The molecule has 1 heterocycles. The van der Waals surface area contributed by atoms with Crippen LogP contribution in [0.15, 0.2) is 47.8 Å². The molecule has 0 unspecified atom stereocenters. The van der Waals surface area contributed by atoms with E-state index in [1.165, 1.54) is 25.7 Å². The third-order valence-corrected chi connectivity index (χ3v) is 2.86. The monoisotopic (exact) mass is 329 g/mol. The lowest BCUT2D eigenvalue weighted by molar-refractivity contribution is -0.139. The summed E-state index contributed by atoms with van der Waals surface area (Å²) in [6, 6.07) is 7.97. The number of hydrazone groups is 1. The Morgan fingerprint density at radius 3 is 2.67 bits per heavy atom. The molecule has 24 heavy (non-hydrogen) atoms. The highest BCUT2D eigenvalue weighted by molar-refractivity contribution is 5.94. The third kappa shape index (κ3) is 4.80. The van der Waals surface area contributed by atoms with Crippen LogP contribution in [0.1, 0.15) is 15.9 Å². The number of hydrogen-bond acceptors (Lipinski definition) is 6. The summed E-state index contributed by atoms with van der Waals surface area (Å²) in [5, 5.41) is 12.5. The normalized spacial score (nSPS) is 10.4. The number of nitrogens with one attached hydrogen (secondary N) is 1. The molecular formula is C16H15N3O5. The van der Waals surface area contributed by atoms with E-state index in [0.717, 1.165) is 0 Å². The number of carbonyl (C=O) groups excluding carboxylic acids is 1. The molecule has 0 saturated carbocycles. The number of ether oxygens (including phenoxy) is 2. The first kappa shape index (κ1) is 16.9. The average molecular weight is 329 g/mol. The summed E-state index contributed by atoms with van der Waals surface area (Å²) >= 11 is 0. The second-order valence-electron chi connectivity index (χ2n) is 4.53. The molecule has 8 heteroatoms. The Kier molecular flexibility index (Phi) is 5.84. The summed E-state index contributed by atoms with van der Waals surface area (Å²) in [6.45, 7) is -0.466. The van der Waals surface area contributed by atoms with Crippen molar-refractivity contribution in [3.05, 3.63) is 53.9 Å². The topological polar surface area (TPSA) is 110 Å². The molecule has 1 aromatic heterocycles. The van der Waals surface area contributed by atoms with E-state index >= 15 is 0 Å². The van der Waals surface area contributed by atoms with Gasteiger partial charge in [-0.25, -0.2) is 10.2 Å². The van der Waals surface area contributed by atoms with Gasteiger partial charge in [-0.3, -0.25) is 9.78 Å². The maximum absolute atomic E-state index is 11.8. The largest absolute Gasteiger partial charge is 0.493 e. The van der Waals surface area contributed by atoms with E-state index in [4.69, 9.17) is 14.6 Å². The van der Waals surface area contributed by atoms with E-state index in [9.17, 15) is 9.59 Å². The number of carboxylic acids is 1. The van der Waals surface area contributed by atoms with Crippen LogP contribution in [0, 0.1) is 0 Å². The Morgan fingerprint density at radius 2 is 2.00 bits per heavy atom. The van der Waals surface area contributed by atoms with Gasteiger partial charge in [0.25, 0.3) is 5.91 Å². The van der Waals surface area contributed by atoms with E-state index in [-0.39, 0.29) is 5.91 Å². The first-order chi connectivity index (χ1) is 11.6. The Morgan fingerprint density at radius 1 is 1.25 bits per heavy atom. The van der Waals surface area contributed by atoms with Crippen molar-refractivity contribution >= 4 is 18.1 Å². The van der Waals surface area contributed by atoms with Crippen LogP contribution in [0.4, 0.5) is 0 Å². The van der Waals surface area contributed by atoms with Crippen molar-refractivity contribution < 1.29 is 24.2 Å². The summed E-state index contributed by atoms with van der Waals surface area (Å²) in [6.07, 6.45) is 4.46. The summed E-state index contributed by atoms with van der Waals surface area (Å²) in [5.41, 5.74) is 3.48. The van der Waals surface area contributed by atoms with Crippen molar-refractivity contribution in [2.24, 2.45) is 5.10 Å². The van der Waals surface area contributed by atoms with Gasteiger partial charge in [0.05, 0.1) is 13.3 Å². The number of aromatic nitrogens is 1. The van der Waals surface area contributed by atoms with E-state index in [1.807, 2.05) is 0 Å². The lowest BCUT2D eigenvalue weighted by Crippen LogP contribution is -2.17. The second-order valence-corrected chi connectivity index (χ2v) is 4.53. The first-order valence-electron chi connectivity index (χ1n) is 6.86. The zero-order valence-corrected chi connectivity index (χ0v) is 12.8. The van der Waals surface area contributed by atoms with Crippen LogP contribution in [0.25, 0.3) is 0 Å². The number of pyridine rings is 1.